The minimum absolute atomic E-state index is 0.0381. The van der Waals surface area contributed by atoms with Crippen molar-refractivity contribution in [3.63, 3.8) is 0 Å². The first kappa shape index (κ1) is 15.5. The number of hydrogen-bond acceptors (Lipinski definition) is 5. The number of nitrogens with two attached hydrogens (primary N) is 1. The molecule has 5 nitrogen and oxygen atoms in total. The van der Waals surface area contributed by atoms with Crippen molar-refractivity contribution in [3.05, 3.63) is 40.9 Å². The second-order valence-electron chi connectivity index (χ2n) is 4.04. The quantitative estimate of drug-likeness (QED) is 0.916. The van der Waals surface area contributed by atoms with E-state index in [0.29, 0.717) is 21.9 Å². The van der Waals surface area contributed by atoms with Gasteiger partial charge in [-0.25, -0.2) is 22.0 Å². The third-order valence-electron chi connectivity index (χ3n) is 2.50. The zero-order chi connectivity index (χ0) is 15.1. The minimum atomic E-state index is -3.92. The molecule has 20 heavy (non-hydrogen) atoms. The van der Waals surface area contributed by atoms with Crippen LogP contribution >= 0.6 is 22.9 Å². The predicted molar refractivity (Wildman–Crippen MR) is 77.3 cm³/mol. The number of primary sulfonamides is 1. The first-order valence-corrected chi connectivity index (χ1v) is 9.48. The van der Waals surface area contributed by atoms with Crippen LogP contribution in [0.2, 0.25) is 5.02 Å². The lowest BCUT2D eigenvalue weighted by Crippen LogP contribution is -2.09. The molecule has 2 aromatic rings. The molecule has 0 aliphatic carbocycles. The van der Waals surface area contributed by atoms with Crippen LogP contribution in [0.3, 0.4) is 0 Å². The SMILES string of the molecule is Cc1cc(S(N)(=O)=O)sc1S(=O)(=O)c1ccc(Cl)cc1. The fourth-order valence-corrected chi connectivity index (χ4v) is 5.73. The minimum Gasteiger partial charge on any atom is -0.224 e. The van der Waals surface area contributed by atoms with Crippen molar-refractivity contribution in [2.24, 2.45) is 5.14 Å². The van der Waals surface area contributed by atoms with E-state index in [1.807, 2.05) is 0 Å². The van der Waals surface area contributed by atoms with Crippen molar-refractivity contribution >= 4 is 42.8 Å². The first-order chi connectivity index (χ1) is 9.12. The molecule has 2 rings (SSSR count). The van der Waals surface area contributed by atoms with Gasteiger partial charge in [0, 0.05) is 5.02 Å². The fraction of sp³-hybridized carbons (Fsp3) is 0.0909. The molecule has 9 heteroatoms. The lowest BCUT2D eigenvalue weighted by atomic mass is 10.4. The van der Waals surface area contributed by atoms with Gasteiger partial charge in [-0.1, -0.05) is 11.6 Å². The smallest absolute Gasteiger partial charge is 0.224 e. The zero-order valence-corrected chi connectivity index (χ0v) is 13.4. The molecule has 0 aliphatic heterocycles. The maximum atomic E-state index is 12.4. The number of hydrogen-bond donors (Lipinski definition) is 1. The number of rotatable bonds is 3. The van der Waals surface area contributed by atoms with Crippen molar-refractivity contribution in [2.45, 2.75) is 20.2 Å². The van der Waals surface area contributed by atoms with Crippen LogP contribution in [0.25, 0.3) is 0 Å². The van der Waals surface area contributed by atoms with Gasteiger partial charge in [-0.15, -0.1) is 11.3 Å². The molecule has 1 aromatic heterocycles. The van der Waals surface area contributed by atoms with Crippen molar-refractivity contribution in [2.75, 3.05) is 0 Å². The van der Waals surface area contributed by atoms with Crippen molar-refractivity contribution < 1.29 is 16.8 Å². The van der Waals surface area contributed by atoms with Crippen LogP contribution < -0.4 is 5.14 Å². The van der Waals surface area contributed by atoms with Gasteiger partial charge in [-0.05, 0) is 42.8 Å². The molecular weight excluding hydrogens is 342 g/mol. The number of sulfone groups is 1. The zero-order valence-electron chi connectivity index (χ0n) is 10.2. The average molecular weight is 352 g/mol. The van der Waals surface area contributed by atoms with Crippen molar-refractivity contribution in [1.29, 1.82) is 0 Å². The largest absolute Gasteiger partial charge is 0.247 e. The van der Waals surface area contributed by atoms with Gasteiger partial charge in [0.25, 0.3) is 0 Å². The summed E-state index contributed by atoms with van der Waals surface area (Å²) in [6.07, 6.45) is 0. The summed E-state index contributed by atoms with van der Waals surface area (Å²) in [5.74, 6) is 0. The van der Waals surface area contributed by atoms with Gasteiger partial charge in [-0.2, -0.15) is 0 Å². The second kappa shape index (κ2) is 5.12. The average Bonchev–Trinajstić information content (AvgIpc) is 2.72. The van der Waals surface area contributed by atoms with E-state index in [4.69, 9.17) is 16.7 Å². The highest BCUT2D eigenvalue weighted by molar-refractivity contribution is 7.95. The van der Waals surface area contributed by atoms with E-state index in [1.165, 1.54) is 37.3 Å². The molecule has 108 valence electrons. The molecule has 2 N–H and O–H groups in total. The van der Waals surface area contributed by atoms with Crippen molar-refractivity contribution in [3.8, 4) is 0 Å². The lowest BCUT2D eigenvalue weighted by molar-refractivity contribution is 0.597. The standard InChI is InChI=1S/C11H10ClNO4S3/c1-7-6-10(20(13,16)17)18-11(7)19(14,15)9-4-2-8(12)3-5-9/h2-6H,1H3,(H2,13,16,17). The number of thiophene rings is 1. The monoisotopic (exact) mass is 351 g/mol. The molecular formula is C11H10ClNO4S3. The summed E-state index contributed by atoms with van der Waals surface area (Å²) in [6.45, 7) is 1.52. The summed E-state index contributed by atoms with van der Waals surface area (Å²) >= 11 is 6.35. The van der Waals surface area contributed by atoms with Gasteiger partial charge in [-0.3, -0.25) is 0 Å². The van der Waals surface area contributed by atoms with Crippen LogP contribution in [-0.4, -0.2) is 16.8 Å². The molecule has 0 aliphatic rings. The van der Waals surface area contributed by atoms with Crippen LogP contribution in [0.4, 0.5) is 0 Å². The number of aryl methyl sites for hydroxylation is 1. The van der Waals surface area contributed by atoms with Crippen molar-refractivity contribution in [1.82, 2.24) is 0 Å². The molecule has 0 amide bonds. The summed E-state index contributed by atoms with van der Waals surface area (Å²) in [5, 5.41) is 5.43. The maximum absolute atomic E-state index is 12.4. The fourth-order valence-electron chi connectivity index (χ4n) is 1.56. The number of sulfonamides is 1. The van der Waals surface area contributed by atoms with E-state index >= 15 is 0 Å². The highest BCUT2D eigenvalue weighted by atomic mass is 35.5. The highest BCUT2D eigenvalue weighted by Gasteiger charge is 2.25. The Kier molecular flexibility index (Phi) is 3.96. The molecule has 0 saturated heterocycles. The van der Waals surface area contributed by atoms with E-state index < -0.39 is 19.9 Å². The summed E-state index contributed by atoms with van der Waals surface area (Å²) in [5.41, 5.74) is 0.342. The normalized spacial score (nSPS) is 12.6. The Balaban J connectivity index is 2.61. The maximum Gasteiger partial charge on any atom is 0.247 e. The van der Waals surface area contributed by atoms with E-state index in [2.05, 4.69) is 0 Å². The first-order valence-electron chi connectivity index (χ1n) is 5.26. The molecule has 0 atom stereocenters. The summed E-state index contributed by atoms with van der Waals surface area (Å²) in [6, 6.07) is 6.90. The van der Waals surface area contributed by atoms with Crippen LogP contribution in [0.5, 0.6) is 0 Å². The summed E-state index contributed by atoms with van der Waals surface area (Å²) in [7, 11) is -7.71. The van der Waals surface area contributed by atoms with Crippen LogP contribution in [0.1, 0.15) is 5.56 Å². The van der Waals surface area contributed by atoms with Crippen LogP contribution in [-0.2, 0) is 19.9 Å². The number of halogens is 1. The van der Waals surface area contributed by atoms with Gasteiger partial charge >= 0.3 is 0 Å². The Morgan fingerprint density at radius 2 is 1.65 bits per heavy atom. The molecule has 0 unspecified atom stereocenters. The van der Waals surface area contributed by atoms with Gasteiger partial charge in [0.05, 0.1) is 4.90 Å². The predicted octanol–water partition coefficient (Wildman–Crippen LogP) is 2.19. The topological polar surface area (TPSA) is 94.3 Å². The van der Waals surface area contributed by atoms with E-state index in [-0.39, 0.29) is 13.3 Å². The van der Waals surface area contributed by atoms with Gasteiger partial charge in [0.15, 0.2) is 0 Å². The molecule has 0 spiro atoms. The van der Waals surface area contributed by atoms with Crippen LogP contribution in [0, 0.1) is 6.92 Å². The Morgan fingerprint density at radius 1 is 1.10 bits per heavy atom. The number of benzene rings is 1. The Hall–Kier alpha value is -0.930. The Morgan fingerprint density at radius 3 is 2.10 bits per heavy atom. The molecule has 1 heterocycles. The van der Waals surface area contributed by atoms with E-state index in [0.717, 1.165) is 0 Å². The van der Waals surface area contributed by atoms with Gasteiger partial charge < -0.3 is 0 Å². The third-order valence-corrected chi connectivity index (χ3v) is 7.81. The Bertz CT molecular complexity index is 852. The highest BCUT2D eigenvalue weighted by Crippen LogP contribution is 2.33. The third kappa shape index (κ3) is 2.89. The van der Waals surface area contributed by atoms with Gasteiger partial charge in [0.2, 0.25) is 19.9 Å². The molecule has 0 bridgehead atoms. The van der Waals surface area contributed by atoms with Gasteiger partial charge in [0.1, 0.15) is 8.42 Å². The van der Waals surface area contributed by atoms with Crippen LogP contribution in [0.15, 0.2) is 43.6 Å². The van der Waals surface area contributed by atoms with E-state index in [9.17, 15) is 16.8 Å². The molecule has 0 saturated carbocycles. The van der Waals surface area contributed by atoms with E-state index in [1.54, 1.807) is 0 Å². The summed E-state index contributed by atoms with van der Waals surface area (Å²) in [4.78, 5) is 0.0489. The second-order valence-corrected chi connectivity index (χ2v) is 9.46. The Labute approximate surface area is 126 Å². The molecule has 1 aromatic carbocycles. The molecule has 0 radical (unpaired) electrons. The lowest BCUT2D eigenvalue weighted by Gasteiger charge is -2.03. The summed E-state index contributed by atoms with van der Waals surface area (Å²) < 4.78 is 47.2. The molecule has 0 fully saturated rings.